The summed E-state index contributed by atoms with van der Waals surface area (Å²) in [6, 6.07) is 0. The van der Waals surface area contributed by atoms with Crippen LogP contribution in [0.2, 0.25) is 0 Å². The van der Waals surface area contributed by atoms with E-state index in [9.17, 15) is 4.79 Å². The van der Waals surface area contributed by atoms with Crippen molar-refractivity contribution in [3.63, 3.8) is 0 Å². The Labute approximate surface area is 78.4 Å². The van der Waals surface area contributed by atoms with Crippen molar-refractivity contribution < 1.29 is 15.0 Å². The second-order valence-corrected chi connectivity index (χ2v) is 3.07. The molecule has 0 heterocycles. The Morgan fingerprint density at radius 1 is 1.54 bits per heavy atom. The van der Waals surface area contributed by atoms with E-state index in [0.717, 1.165) is 5.57 Å². The summed E-state index contributed by atoms with van der Waals surface area (Å²) in [4.78, 5) is 10.4. The first kappa shape index (κ1) is 11.9. The molecule has 3 nitrogen and oxygen atoms in total. The molecule has 13 heavy (non-hydrogen) atoms. The van der Waals surface area contributed by atoms with Crippen LogP contribution >= 0.6 is 0 Å². The number of aliphatic carboxylic acids is 1. The van der Waals surface area contributed by atoms with Crippen LogP contribution in [0.3, 0.4) is 0 Å². The first-order valence-corrected chi connectivity index (χ1v) is 4.24. The Morgan fingerprint density at radius 3 is 2.62 bits per heavy atom. The molecule has 1 unspecified atom stereocenters. The lowest BCUT2D eigenvalue weighted by molar-refractivity contribution is -0.140. The Balaban J connectivity index is 3.82. The minimum atomic E-state index is -0.785. The smallest absolute Gasteiger partial charge is 0.306 e. The highest BCUT2D eigenvalue weighted by molar-refractivity contribution is 5.69. The molecule has 0 aromatic rings. The van der Waals surface area contributed by atoms with Crippen molar-refractivity contribution in [1.29, 1.82) is 0 Å². The molecule has 0 spiro atoms. The van der Waals surface area contributed by atoms with Gasteiger partial charge in [-0.3, -0.25) is 4.79 Å². The number of aliphatic hydroxyl groups excluding tert-OH is 1. The zero-order chi connectivity index (χ0) is 10.3. The minimum absolute atomic E-state index is 0.0405. The van der Waals surface area contributed by atoms with Crippen molar-refractivity contribution in [3.8, 4) is 0 Å². The maximum atomic E-state index is 10.4. The number of hydrogen-bond acceptors (Lipinski definition) is 2. The number of aliphatic hydroxyl groups is 1. The van der Waals surface area contributed by atoms with Gasteiger partial charge in [0.1, 0.15) is 0 Å². The summed E-state index contributed by atoms with van der Waals surface area (Å²) in [5.41, 5.74) is 0.860. The highest BCUT2D eigenvalue weighted by atomic mass is 16.4. The van der Waals surface area contributed by atoms with Crippen LogP contribution in [0, 0.1) is 5.92 Å². The van der Waals surface area contributed by atoms with Crippen LogP contribution < -0.4 is 0 Å². The molecule has 0 radical (unpaired) electrons. The van der Waals surface area contributed by atoms with Gasteiger partial charge in [-0.2, -0.15) is 0 Å². The van der Waals surface area contributed by atoms with Crippen molar-refractivity contribution in [3.05, 3.63) is 23.8 Å². The van der Waals surface area contributed by atoms with Gasteiger partial charge in [-0.1, -0.05) is 25.2 Å². The molecule has 1 atom stereocenters. The van der Waals surface area contributed by atoms with Gasteiger partial charge in [0.05, 0.1) is 12.5 Å². The second kappa shape index (κ2) is 6.43. The van der Waals surface area contributed by atoms with Gasteiger partial charge in [-0.25, -0.2) is 0 Å². The quantitative estimate of drug-likeness (QED) is 0.638. The first-order valence-electron chi connectivity index (χ1n) is 4.24. The highest BCUT2D eigenvalue weighted by Crippen LogP contribution is 2.02. The zero-order valence-corrected chi connectivity index (χ0v) is 8.03. The molecule has 0 aromatic carbocycles. The van der Waals surface area contributed by atoms with Crippen LogP contribution in [-0.4, -0.2) is 22.8 Å². The van der Waals surface area contributed by atoms with Crippen molar-refractivity contribution in [1.82, 2.24) is 0 Å². The molecule has 0 rings (SSSR count). The number of hydrogen-bond donors (Lipinski definition) is 2. The summed E-state index contributed by atoms with van der Waals surface area (Å²) in [5.74, 6) is -1.13. The van der Waals surface area contributed by atoms with E-state index in [-0.39, 0.29) is 12.5 Å². The van der Waals surface area contributed by atoms with E-state index in [0.29, 0.717) is 6.42 Å². The zero-order valence-electron chi connectivity index (χ0n) is 8.03. The van der Waals surface area contributed by atoms with E-state index in [1.54, 1.807) is 25.2 Å². The Kier molecular flexibility index (Phi) is 5.89. The molecular formula is C10H16O3. The third kappa shape index (κ3) is 6.11. The molecule has 2 N–H and O–H groups in total. The fraction of sp³-hybridized carbons (Fsp3) is 0.500. The van der Waals surface area contributed by atoms with Crippen LogP contribution in [-0.2, 0) is 4.79 Å². The Hall–Kier alpha value is -1.09. The van der Waals surface area contributed by atoms with E-state index in [4.69, 9.17) is 10.2 Å². The number of carbonyl (C=O) groups is 1. The third-order valence-electron chi connectivity index (χ3n) is 1.68. The SMILES string of the molecule is C/C(=C\C=C/CC(C)C(=O)O)CO. The van der Waals surface area contributed by atoms with Gasteiger partial charge in [0.25, 0.3) is 0 Å². The molecule has 0 aromatic heterocycles. The topological polar surface area (TPSA) is 57.5 Å². The fourth-order valence-electron chi connectivity index (χ4n) is 0.669. The standard InChI is InChI=1S/C10H16O3/c1-8(7-11)5-3-4-6-9(2)10(12)13/h3-5,9,11H,6-7H2,1-2H3,(H,12,13)/b4-3-,8-5+. The van der Waals surface area contributed by atoms with Gasteiger partial charge in [0.15, 0.2) is 0 Å². The van der Waals surface area contributed by atoms with Crippen LogP contribution in [0.15, 0.2) is 23.8 Å². The van der Waals surface area contributed by atoms with Crippen molar-refractivity contribution >= 4 is 5.97 Å². The Bertz CT molecular complexity index is 216. The average molecular weight is 184 g/mol. The molecule has 0 bridgehead atoms. The van der Waals surface area contributed by atoms with Gasteiger partial charge in [0.2, 0.25) is 0 Å². The lowest BCUT2D eigenvalue weighted by Crippen LogP contribution is -2.07. The summed E-state index contributed by atoms with van der Waals surface area (Å²) in [6.45, 7) is 3.51. The van der Waals surface area contributed by atoms with Gasteiger partial charge >= 0.3 is 5.97 Å². The van der Waals surface area contributed by atoms with Gasteiger partial charge in [0, 0.05) is 0 Å². The van der Waals surface area contributed by atoms with Crippen molar-refractivity contribution in [2.24, 2.45) is 5.92 Å². The summed E-state index contributed by atoms with van der Waals surface area (Å²) in [7, 11) is 0. The summed E-state index contributed by atoms with van der Waals surface area (Å²) in [5, 5.41) is 17.2. The van der Waals surface area contributed by atoms with E-state index in [2.05, 4.69) is 0 Å². The van der Waals surface area contributed by atoms with E-state index < -0.39 is 5.97 Å². The highest BCUT2D eigenvalue weighted by Gasteiger charge is 2.06. The fourth-order valence-corrected chi connectivity index (χ4v) is 0.669. The summed E-state index contributed by atoms with van der Waals surface area (Å²) >= 11 is 0. The molecule has 74 valence electrons. The summed E-state index contributed by atoms with van der Waals surface area (Å²) < 4.78 is 0. The van der Waals surface area contributed by atoms with Crippen LogP contribution in [0.25, 0.3) is 0 Å². The molecular weight excluding hydrogens is 168 g/mol. The van der Waals surface area contributed by atoms with Crippen molar-refractivity contribution in [2.45, 2.75) is 20.3 Å². The molecule has 0 amide bonds. The summed E-state index contributed by atoms with van der Waals surface area (Å²) in [6.07, 6.45) is 5.85. The maximum Gasteiger partial charge on any atom is 0.306 e. The second-order valence-electron chi connectivity index (χ2n) is 3.07. The van der Waals surface area contributed by atoms with E-state index >= 15 is 0 Å². The molecule has 3 heteroatoms. The van der Waals surface area contributed by atoms with Gasteiger partial charge < -0.3 is 10.2 Å². The van der Waals surface area contributed by atoms with Crippen LogP contribution in [0.1, 0.15) is 20.3 Å². The minimum Gasteiger partial charge on any atom is -0.481 e. The molecule has 0 saturated carbocycles. The predicted octanol–water partition coefficient (Wildman–Crippen LogP) is 1.59. The number of carboxylic acids is 1. The van der Waals surface area contributed by atoms with Gasteiger partial charge in [-0.05, 0) is 18.9 Å². The van der Waals surface area contributed by atoms with Gasteiger partial charge in [-0.15, -0.1) is 0 Å². The first-order chi connectivity index (χ1) is 6.07. The molecule has 0 aliphatic rings. The number of rotatable bonds is 5. The Morgan fingerprint density at radius 2 is 2.15 bits per heavy atom. The lowest BCUT2D eigenvalue weighted by atomic mass is 10.1. The third-order valence-corrected chi connectivity index (χ3v) is 1.68. The maximum absolute atomic E-state index is 10.4. The predicted molar refractivity (Wildman–Crippen MR) is 51.4 cm³/mol. The molecule has 0 aliphatic carbocycles. The van der Waals surface area contributed by atoms with Crippen LogP contribution in [0.4, 0.5) is 0 Å². The van der Waals surface area contributed by atoms with Crippen LogP contribution in [0.5, 0.6) is 0 Å². The number of carboxylic acid groups (broad SMARTS) is 1. The van der Waals surface area contributed by atoms with E-state index in [1.165, 1.54) is 0 Å². The molecule has 0 fully saturated rings. The lowest BCUT2D eigenvalue weighted by Gasteiger charge is -1.99. The molecule has 0 saturated heterocycles. The van der Waals surface area contributed by atoms with Crippen molar-refractivity contribution in [2.75, 3.05) is 6.61 Å². The van der Waals surface area contributed by atoms with E-state index in [1.807, 2.05) is 6.92 Å². The number of allylic oxidation sites excluding steroid dienone is 3. The molecule has 0 aliphatic heterocycles. The largest absolute Gasteiger partial charge is 0.481 e. The monoisotopic (exact) mass is 184 g/mol. The average Bonchev–Trinajstić information content (AvgIpc) is 2.11. The normalized spacial score (nSPS) is 14.8.